The molecule has 0 spiro atoms. The number of piperazine rings is 1. The average Bonchev–Trinajstić information content (AvgIpc) is 2.68. The summed E-state index contributed by atoms with van der Waals surface area (Å²) in [5.74, 6) is 1.63. The fourth-order valence-electron chi connectivity index (χ4n) is 3.65. The van der Waals surface area contributed by atoms with E-state index in [0.29, 0.717) is 6.61 Å². The highest BCUT2D eigenvalue weighted by molar-refractivity contribution is 5.42. The van der Waals surface area contributed by atoms with Gasteiger partial charge in [-0.25, -0.2) is 0 Å². The number of rotatable bonds is 7. The molecule has 3 rings (SSSR count). The summed E-state index contributed by atoms with van der Waals surface area (Å²) in [7, 11) is 1.70. The fourth-order valence-corrected chi connectivity index (χ4v) is 3.65. The Morgan fingerprint density at radius 3 is 2.27 bits per heavy atom. The minimum atomic E-state index is 0.559. The molecule has 0 saturated carbocycles. The first-order valence-corrected chi connectivity index (χ1v) is 9.67. The van der Waals surface area contributed by atoms with Crippen LogP contribution in [0.2, 0.25) is 0 Å². The monoisotopic (exact) mass is 356 g/mol. The molecule has 4 heteroatoms. The van der Waals surface area contributed by atoms with Crippen LogP contribution in [0.1, 0.15) is 25.0 Å². The Kier molecular flexibility index (Phi) is 6.53. The van der Waals surface area contributed by atoms with Crippen molar-refractivity contribution in [1.29, 1.82) is 0 Å². The van der Waals surface area contributed by atoms with Gasteiger partial charge in [-0.2, -0.15) is 0 Å². The van der Waals surface area contributed by atoms with Crippen LogP contribution < -0.4 is 19.3 Å². The maximum atomic E-state index is 6.05. The van der Waals surface area contributed by atoms with E-state index in [1.54, 1.807) is 16.9 Å². The fraction of sp³-hybridized carbons (Fsp3) is 0.455. The lowest BCUT2D eigenvalue weighted by atomic mass is 10.1. The predicted molar refractivity (Wildman–Crippen MR) is 104 cm³/mol. The third-order valence-electron chi connectivity index (χ3n) is 5.34. The van der Waals surface area contributed by atoms with Crippen LogP contribution in [0.25, 0.3) is 0 Å². The van der Waals surface area contributed by atoms with Crippen molar-refractivity contribution in [2.45, 2.75) is 33.0 Å². The molecule has 140 valence electrons. The van der Waals surface area contributed by atoms with Crippen LogP contribution in [0.15, 0.2) is 48.5 Å². The summed E-state index contributed by atoms with van der Waals surface area (Å²) in [5, 5.41) is 0. The zero-order valence-corrected chi connectivity index (χ0v) is 16.3. The van der Waals surface area contributed by atoms with E-state index in [-0.39, 0.29) is 0 Å². The zero-order valence-electron chi connectivity index (χ0n) is 16.3. The molecule has 2 aromatic carbocycles. The lowest BCUT2D eigenvalue weighted by Gasteiger charge is -2.32. The first kappa shape index (κ1) is 18.7. The maximum absolute atomic E-state index is 6.05. The Hall–Kier alpha value is -2.04. The maximum Gasteiger partial charge on any atom is 0.162 e. The van der Waals surface area contributed by atoms with E-state index in [1.165, 1.54) is 37.3 Å². The van der Waals surface area contributed by atoms with Gasteiger partial charge in [0.25, 0.3) is 0 Å². The molecule has 0 aromatic heterocycles. The van der Waals surface area contributed by atoms with Gasteiger partial charge in [-0.15, -0.1) is 0 Å². The summed E-state index contributed by atoms with van der Waals surface area (Å²) in [6.07, 6.45) is 0. The smallest absolute Gasteiger partial charge is 0.162 e. The highest BCUT2D eigenvalue weighted by Crippen LogP contribution is 2.28. The minimum Gasteiger partial charge on any atom is -0.493 e. The van der Waals surface area contributed by atoms with E-state index in [9.17, 15) is 0 Å². The minimum absolute atomic E-state index is 0.559. The van der Waals surface area contributed by atoms with Gasteiger partial charge in [-0.1, -0.05) is 30.3 Å². The second-order valence-corrected chi connectivity index (χ2v) is 7.50. The number of nitrogens with one attached hydrogen (secondary N) is 2. The third-order valence-corrected chi connectivity index (χ3v) is 5.34. The quantitative estimate of drug-likeness (QED) is 0.774. The van der Waals surface area contributed by atoms with Crippen molar-refractivity contribution < 1.29 is 19.3 Å². The van der Waals surface area contributed by atoms with Gasteiger partial charge in [-0.05, 0) is 37.6 Å². The van der Waals surface area contributed by atoms with E-state index in [0.717, 1.165) is 24.1 Å². The van der Waals surface area contributed by atoms with Crippen LogP contribution in [0.3, 0.4) is 0 Å². The van der Waals surface area contributed by atoms with Crippen molar-refractivity contribution in [3.8, 4) is 11.5 Å². The molecular weight excluding hydrogens is 324 g/mol. The first-order chi connectivity index (χ1) is 12.7. The van der Waals surface area contributed by atoms with Crippen molar-refractivity contribution in [3.05, 3.63) is 59.7 Å². The second kappa shape index (κ2) is 9.06. The number of quaternary nitrogens is 2. The highest BCUT2D eigenvalue weighted by atomic mass is 16.5. The Balaban J connectivity index is 1.62. The molecule has 2 N–H and O–H groups in total. The normalized spacial score (nSPS) is 20.2. The molecule has 26 heavy (non-hydrogen) atoms. The first-order valence-electron chi connectivity index (χ1n) is 9.67. The molecule has 4 nitrogen and oxygen atoms in total. The van der Waals surface area contributed by atoms with Gasteiger partial charge in [0.05, 0.1) is 13.2 Å². The Morgan fingerprint density at radius 2 is 1.62 bits per heavy atom. The van der Waals surface area contributed by atoms with Crippen molar-refractivity contribution in [3.63, 3.8) is 0 Å². The second-order valence-electron chi connectivity index (χ2n) is 7.50. The number of hydrogen-bond donors (Lipinski definition) is 2. The van der Waals surface area contributed by atoms with E-state index in [2.05, 4.69) is 38.1 Å². The van der Waals surface area contributed by atoms with E-state index in [1.807, 2.05) is 24.3 Å². The molecule has 0 unspecified atom stereocenters. The summed E-state index contributed by atoms with van der Waals surface area (Å²) >= 11 is 0. The summed E-state index contributed by atoms with van der Waals surface area (Å²) in [6.45, 7) is 11.3. The molecule has 1 heterocycles. The molecule has 1 aliphatic rings. The molecule has 0 bridgehead atoms. The number of hydrogen-bond acceptors (Lipinski definition) is 2. The molecule has 2 aromatic rings. The number of benzene rings is 2. The van der Waals surface area contributed by atoms with Crippen LogP contribution in [-0.2, 0) is 13.2 Å². The zero-order chi connectivity index (χ0) is 18.4. The van der Waals surface area contributed by atoms with Crippen LogP contribution in [0, 0.1) is 0 Å². The van der Waals surface area contributed by atoms with Crippen molar-refractivity contribution in [1.82, 2.24) is 0 Å². The van der Waals surface area contributed by atoms with E-state index < -0.39 is 0 Å². The summed E-state index contributed by atoms with van der Waals surface area (Å²) in [6, 6.07) is 17.3. The van der Waals surface area contributed by atoms with Crippen LogP contribution in [0.5, 0.6) is 11.5 Å². The summed E-state index contributed by atoms with van der Waals surface area (Å²) in [4.78, 5) is 3.39. The standard InChI is InChI=1S/C22H30N2O2/c1-18(2)24-13-11-23(12-14-24)16-20-9-10-21(25-3)22(15-20)26-17-19-7-5-4-6-8-19/h4-10,15,18H,11-14,16-17H2,1-3H3/p+2. The molecule has 0 radical (unpaired) electrons. The van der Waals surface area contributed by atoms with Gasteiger partial charge < -0.3 is 19.3 Å². The third kappa shape index (κ3) is 4.99. The molecule has 0 aliphatic carbocycles. The summed E-state index contributed by atoms with van der Waals surface area (Å²) < 4.78 is 11.5. The van der Waals surface area contributed by atoms with Crippen LogP contribution >= 0.6 is 0 Å². The van der Waals surface area contributed by atoms with Gasteiger partial charge in [0, 0.05) is 5.56 Å². The Bertz CT molecular complexity index is 680. The molecule has 1 fully saturated rings. The Morgan fingerprint density at radius 1 is 0.885 bits per heavy atom. The molecular formula is C22H32N2O2+2. The van der Waals surface area contributed by atoms with Gasteiger partial charge in [0.2, 0.25) is 0 Å². The van der Waals surface area contributed by atoms with Gasteiger partial charge in [0.15, 0.2) is 11.5 Å². The van der Waals surface area contributed by atoms with Crippen molar-refractivity contribution in [2.24, 2.45) is 0 Å². The van der Waals surface area contributed by atoms with E-state index >= 15 is 0 Å². The van der Waals surface area contributed by atoms with E-state index in [4.69, 9.17) is 9.47 Å². The Labute approximate surface area is 157 Å². The molecule has 1 aliphatic heterocycles. The SMILES string of the molecule is COc1ccc(C[NH+]2CC[NH+](C(C)C)CC2)cc1OCc1ccccc1. The summed E-state index contributed by atoms with van der Waals surface area (Å²) in [5.41, 5.74) is 2.48. The molecule has 0 atom stereocenters. The van der Waals surface area contributed by atoms with Gasteiger partial charge in [0.1, 0.15) is 39.3 Å². The largest absolute Gasteiger partial charge is 0.493 e. The van der Waals surface area contributed by atoms with Crippen LogP contribution in [0.4, 0.5) is 0 Å². The lowest BCUT2D eigenvalue weighted by Crippen LogP contribution is -3.28. The molecule has 1 saturated heterocycles. The average molecular weight is 357 g/mol. The number of methoxy groups -OCH3 is 1. The van der Waals surface area contributed by atoms with Crippen molar-refractivity contribution in [2.75, 3.05) is 33.3 Å². The highest BCUT2D eigenvalue weighted by Gasteiger charge is 2.25. The van der Waals surface area contributed by atoms with Gasteiger partial charge >= 0.3 is 0 Å². The number of ether oxygens (including phenoxy) is 2. The van der Waals surface area contributed by atoms with Crippen LogP contribution in [-0.4, -0.2) is 39.3 Å². The topological polar surface area (TPSA) is 27.3 Å². The predicted octanol–water partition coefficient (Wildman–Crippen LogP) is 0.966. The molecule has 0 amide bonds. The van der Waals surface area contributed by atoms with Crippen molar-refractivity contribution >= 4 is 0 Å². The lowest BCUT2D eigenvalue weighted by molar-refractivity contribution is -1.03. The van der Waals surface area contributed by atoms with Gasteiger partial charge in [-0.3, -0.25) is 0 Å².